The van der Waals surface area contributed by atoms with Crippen molar-refractivity contribution in [2.75, 3.05) is 7.11 Å². The zero-order valence-electron chi connectivity index (χ0n) is 9.51. The Morgan fingerprint density at radius 3 is 2.94 bits per heavy atom. The number of carbonyl (C=O) groups is 1. The number of aromatic nitrogens is 3. The molecule has 1 atom stereocenters. The van der Waals surface area contributed by atoms with Gasteiger partial charge in [-0.05, 0) is 19.8 Å². The normalized spacial score (nSPS) is 19.1. The van der Waals surface area contributed by atoms with E-state index in [1.54, 1.807) is 11.0 Å². The van der Waals surface area contributed by atoms with Gasteiger partial charge in [0.25, 0.3) is 0 Å². The van der Waals surface area contributed by atoms with Crippen molar-refractivity contribution in [3.63, 3.8) is 0 Å². The molecule has 1 aliphatic carbocycles. The van der Waals surface area contributed by atoms with Gasteiger partial charge in [-0.1, -0.05) is 0 Å². The van der Waals surface area contributed by atoms with Crippen LogP contribution in [0.4, 0.5) is 0 Å². The number of nitrogens with zero attached hydrogens (tertiary/aromatic N) is 3. The number of ether oxygens (including phenoxy) is 1. The summed E-state index contributed by atoms with van der Waals surface area (Å²) in [5.74, 6) is -0.269. The van der Waals surface area contributed by atoms with E-state index in [1.807, 2.05) is 6.92 Å². The molecular weight excluding hydrogens is 208 g/mol. The SMILES string of the molecule is COC(=O)C(C)(Cn1cncn1)NC1CC1. The fourth-order valence-corrected chi connectivity index (χ4v) is 1.71. The van der Waals surface area contributed by atoms with Gasteiger partial charge in [0.1, 0.15) is 18.2 Å². The third-order valence-corrected chi connectivity index (χ3v) is 2.68. The Labute approximate surface area is 94.0 Å². The number of hydrogen-bond donors (Lipinski definition) is 1. The third-order valence-electron chi connectivity index (χ3n) is 2.68. The highest BCUT2D eigenvalue weighted by Crippen LogP contribution is 2.23. The highest BCUT2D eigenvalue weighted by molar-refractivity contribution is 5.80. The van der Waals surface area contributed by atoms with Crippen molar-refractivity contribution in [2.45, 2.75) is 37.9 Å². The van der Waals surface area contributed by atoms with Crippen molar-refractivity contribution < 1.29 is 9.53 Å². The van der Waals surface area contributed by atoms with Gasteiger partial charge in [-0.2, -0.15) is 5.10 Å². The molecule has 1 aromatic heterocycles. The van der Waals surface area contributed by atoms with Crippen LogP contribution in [0.15, 0.2) is 12.7 Å². The average molecular weight is 224 g/mol. The summed E-state index contributed by atoms with van der Waals surface area (Å²) >= 11 is 0. The second kappa shape index (κ2) is 4.21. The standard InChI is InChI=1S/C10H16N4O2/c1-10(9(15)16-2,13-8-3-4-8)5-14-7-11-6-12-14/h6-8,13H,3-5H2,1-2H3. The maximum atomic E-state index is 11.8. The van der Waals surface area contributed by atoms with E-state index in [0.29, 0.717) is 12.6 Å². The summed E-state index contributed by atoms with van der Waals surface area (Å²) in [5, 5.41) is 7.30. The summed E-state index contributed by atoms with van der Waals surface area (Å²) in [6.07, 6.45) is 5.28. The van der Waals surface area contributed by atoms with Crippen LogP contribution in [0.2, 0.25) is 0 Å². The minimum absolute atomic E-state index is 0.269. The van der Waals surface area contributed by atoms with E-state index in [2.05, 4.69) is 15.4 Å². The van der Waals surface area contributed by atoms with Crippen LogP contribution in [-0.2, 0) is 16.1 Å². The first kappa shape index (κ1) is 11.1. The lowest BCUT2D eigenvalue weighted by Gasteiger charge is -2.27. The number of rotatable bonds is 5. The predicted molar refractivity (Wildman–Crippen MR) is 56.6 cm³/mol. The number of carbonyl (C=O) groups excluding carboxylic acids is 1. The van der Waals surface area contributed by atoms with Crippen molar-refractivity contribution in [2.24, 2.45) is 0 Å². The molecule has 0 aromatic carbocycles. The molecule has 88 valence electrons. The fraction of sp³-hybridized carbons (Fsp3) is 0.700. The lowest BCUT2D eigenvalue weighted by molar-refractivity contribution is -0.148. The first-order valence-corrected chi connectivity index (χ1v) is 5.32. The van der Waals surface area contributed by atoms with Gasteiger partial charge in [-0.3, -0.25) is 10.00 Å². The van der Waals surface area contributed by atoms with Gasteiger partial charge in [-0.15, -0.1) is 0 Å². The molecule has 0 amide bonds. The van der Waals surface area contributed by atoms with Crippen molar-refractivity contribution in [1.82, 2.24) is 20.1 Å². The molecule has 1 fully saturated rings. The lowest BCUT2D eigenvalue weighted by atomic mass is 10.0. The van der Waals surface area contributed by atoms with Gasteiger partial charge in [0.05, 0.1) is 13.7 Å². The molecular formula is C10H16N4O2. The molecule has 0 spiro atoms. The summed E-state index contributed by atoms with van der Waals surface area (Å²) in [4.78, 5) is 15.6. The van der Waals surface area contributed by atoms with Gasteiger partial charge < -0.3 is 4.74 Å². The van der Waals surface area contributed by atoms with E-state index in [-0.39, 0.29) is 5.97 Å². The molecule has 1 aliphatic rings. The minimum Gasteiger partial charge on any atom is -0.468 e. The highest BCUT2D eigenvalue weighted by Gasteiger charge is 2.40. The van der Waals surface area contributed by atoms with Crippen LogP contribution in [0.25, 0.3) is 0 Å². The fourth-order valence-electron chi connectivity index (χ4n) is 1.71. The molecule has 6 nitrogen and oxygen atoms in total. The van der Waals surface area contributed by atoms with E-state index in [9.17, 15) is 4.79 Å². The van der Waals surface area contributed by atoms with Gasteiger partial charge in [0.15, 0.2) is 0 Å². The summed E-state index contributed by atoms with van der Waals surface area (Å²) in [6.45, 7) is 2.26. The largest absolute Gasteiger partial charge is 0.468 e. The molecule has 0 radical (unpaired) electrons. The summed E-state index contributed by atoms with van der Waals surface area (Å²) in [6, 6.07) is 0.424. The van der Waals surface area contributed by atoms with E-state index in [1.165, 1.54) is 13.4 Å². The summed E-state index contributed by atoms with van der Waals surface area (Å²) in [5.41, 5.74) is -0.733. The van der Waals surface area contributed by atoms with E-state index < -0.39 is 5.54 Å². The molecule has 1 aromatic rings. The number of hydrogen-bond acceptors (Lipinski definition) is 5. The monoisotopic (exact) mass is 224 g/mol. The van der Waals surface area contributed by atoms with Crippen LogP contribution in [0.5, 0.6) is 0 Å². The second-order valence-electron chi connectivity index (χ2n) is 4.34. The minimum atomic E-state index is -0.733. The molecule has 2 rings (SSSR count). The van der Waals surface area contributed by atoms with Gasteiger partial charge in [0, 0.05) is 6.04 Å². The Morgan fingerprint density at radius 2 is 2.44 bits per heavy atom. The summed E-state index contributed by atoms with van der Waals surface area (Å²) in [7, 11) is 1.40. The van der Waals surface area contributed by atoms with Crippen molar-refractivity contribution in [3.05, 3.63) is 12.7 Å². The molecule has 16 heavy (non-hydrogen) atoms. The van der Waals surface area contributed by atoms with E-state index in [4.69, 9.17) is 4.74 Å². The maximum absolute atomic E-state index is 11.8. The molecule has 1 unspecified atom stereocenters. The Balaban J connectivity index is 2.09. The predicted octanol–water partition coefficient (Wildman–Crippen LogP) is -0.0382. The highest BCUT2D eigenvalue weighted by atomic mass is 16.5. The number of nitrogens with one attached hydrogen (secondary N) is 1. The zero-order valence-corrected chi connectivity index (χ0v) is 9.51. The third kappa shape index (κ3) is 2.38. The van der Waals surface area contributed by atoms with Crippen molar-refractivity contribution in [1.29, 1.82) is 0 Å². The molecule has 6 heteroatoms. The molecule has 0 bridgehead atoms. The smallest absolute Gasteiger partial charge is 0.327 e. The maximum Gasteiger partial charge on any atom is 0.327 e. The van der Waals surface area contributed by atoms with Gasteiger partial charge in [-0.25, -0.2) is 9.78 Å². The van der Waals surface area contributed by atoms with Crippen molar-refractivity contribution >= 4 is 5.97 Å². The second-order valence-corrected chi connectivity index (χ2v) is 4.34. The Kier molecular flexibility index (Phi) is 2.91. The molecule has 0 saturated heterocycles. The quantitative estimate of drug-likeness (QED) is 0.711. The van der Waals surface area contributed by atoms with Crippen LogP contribution >= 0.6 is 0 Å². The Bertz CT molecular complexity index is 361. The van der Waals surface area contributed by atoms with Crippen LogP contribution in [0, 0.1) is 0 Å². The van der Waals surface area contributed by atoms with Crippen LogP contribution in [0.3, 0.4) is 0 Å². The topological polar surface area (TPSA) is 69.0 Å². The molecule has 1 saturated carbocycles. The zero-order chi connectivity index (χ0) is 11.6. The first-order valence-electron chi connectivity index (χ1n) is 5.32. The molecule has 0 aliphatic heterocycles. The van der Waals surface area contributed by atoms with Crippen LogP contribution in [-0.4, -0.2) is 39.4 Å². The Morgan fingerprint density at radius 1 is 1.69 bits per heavy atom. The Hall–Kier alpha value is -1.43. The van der Waals surface area contributed by atoms with E-state index in [0.717, 1.165) is 12.8 Å². The van der Waals surface area contributed by atoms with Crippen molar-refractivity contribution in [3.8, 4) is 0 Å². The van der Waals surface area contributed by atoms with Crippen LogP contribution < -0.4 is 5.32 Å². The van der Waals surface area contributed by atoms with Gasteiger partial charge >= 0.3 is 5.97 Å². The lowest BCUT2D eigenvalue weighted by Crippen LogP contribution is -2.54. The number of esters is 1. The van der Waals surface area contributed by atoms with E-state index >= 15 is 0 Å². The molecule has 1 heterocycles. The van der Waals surface area contributed by atoms with Gasteiger partial charge in [0.2, 0.25) is 0 Å². The average Bonchev–Trinajstić information content (AvgIpc) is 2.91. The summed E-state index contributed by atoms with van der Waals surface area (Å²) < 4.78 is 6.46. The molecule has 1 N–H and O–H groups in total. The first-order chi connectivity index (χ1) is 7.64. The number of methoxy groups -OCH3 is 1. The van der Waals surface area contributed by atoms with Crippen LogP contribution in [0.1, 0.15) is 19.8 Å².